The maximum atomic E-state index is 12.3. The molecule has 0 bridgehead atoms. The van der Waals surface area contributed by atoms with Gasteiger partial charge in [0.15, 0.2) is 0 Å². The summed E-state index contributed by atoms with van der Waals surface area (Å²) in [6, 6.07) is 7.61. The molecule has 0 radical (unpaired) electrons. The number of hydrogen-bond donors (Lipinski definition) is 0. The number of unbranched alkanes of at least 4 members (excludes halogenated alkanes) is 3. The van der Waals surface area contributed by atoms with E-state index in [0.29, 0.717) is 11.6 Å². The highest BCUT2D eigenvalue weighted by Crippen LogP contribution is 2.32. The lowest BCUT2D eigenvalue weighted by molar-refractivity contribution is -0.123. The number of hydrogen-bond acceptors (Lipinski definition) is 5. The summed E-state index contributed by atoms with van der Waals surface area (Å²) in [5.41, 5.74) is 0.883. The van der Waals surface area contributed by atoms with Crippen molar-refractivity contribution in [3.05, 3.63) is 34.7 Å². The van der Waals surface area contributed by atoms with E-state index in [1.54, 1.807) is 11.0 Å². The standard InChI is InChI=1S/C19H26N2O3S/c1-4-5-6-7-12-24-16-10-8-15(9-11-16)13-17-18(22)21(14-20(2)3)19(23)25-17/h8-11,13H,4-7,12,14H2,1-3H3/b17-13+. The second-order valence-corrected chi connectivity index (χ2v) is 7.30. The van der Waals surface area contributed by atoms with E-state index in [-0.39, 0.29) is 11.1 Å². The molecule has 0 spiro atoms. The van der Waals surface area contributed by atoms with E-state index in [1.807, 2.05) is 38.4 Å². The first-order chi connectivity index (χ1) is 12.0. The fraction of sp³-hybridized carbons (Fsp3) is 0.474. The lowest BCUT2D eigenvalue weighted by Crippen LogP contribution is -2.36. The monoisotopic (exact) mass is 362 g/mol. The SMILES string of the molecule is CCCCCCOc1ccc(/C=C2/SC(=O)N(CN(C)C)C2=O)cc1. The highest BCUT2D eigenvalue weighted by Gasteiger charge is 2.35. The highest BCUT2D eigenvalue weighted by atomic mass is 32.2. The predicted octanol–water partition coefficient (Wildman–Crippen LogP) is 4.20. The van der Waals surface area contributed by atoms with Crippen LogP contribution in [0.15, 0.2) is 29.2 Å². The molecule has 25 heavy (non-hydrogen) atoms. The molecule has 136 valence electrons. The molecular formula is C19H26N2O3S. The Morgan fingerprint density at radius 2 is 1.84 bits per heavy atom. The molecule has 2 rings (SSSR count). The van der Waals surface area contributed by atoms with Crippen LogP contribution in [0.4, 0.5) is 4.79 Å². The number of benzene rings is 1. The van der Waals surface area contributed by atoms with Crippen molar-refractivity contribution in [2.45, 2.75) is 32.6 Å². The molecule has 0 saturated carbocycles. The van der Waals surface area contributed by atoms with Crippen LogP contribution in [0.1, 0.15) is 38.2 Å². The average molecular weight is 362 g/mol. The minimum atomic E-state index is -0.236. The molecule has 1 aliphatic rings. The zero-order valence-electron chi connectivity index (χ0n) is 15.2. The molecule has 0 N–H and O–H groups in total. The third-order valence-corrected chi connectivity index (χ3v) is 4.65. The Morgan fingerprint density at radius 3 is 2.48 bits per heavy atom. The number of rotatable bonds is 9. The van der Waals surface area contributed by atoms with Crippen LogP contribution >= 0.6 is 11.8 Å². The molecule has 1 heterocycles. The quantitative estimate of drug-likeness (QED) is 0.487. The lowest BCUT2D eigenvalue weighted by atomic mass is 10.2. The Bertz CT molecular complexity index is 626. The summed E-state index contributed by atoms with van der Waals surface area (Å²) in [5.74, 6) is 0.592. The molecule has 1 saturated heterocycles. The first-order valence-electron chi connectivity index (χ1n) is 8.64. The molecule has 2 amide bonds. The Labute approximate surface area is 154 Å². The van der Waals surface area contributed by atoms with Gasteiger partial charge in [-0.1, -0.05) is 38.3 Å². The Morgan fingerprint density at radius 1 is 1.12 bits per heavy atom. The largest absolute Gasteiger partial charge is 0.494 e. The molecule has 1 fully saturated rings. The van der Waals surface area contributed by atoms with E-state index in [1.165, 1.54) is 24.2 Å². The van der Waals surface area contributed by atoms with E-state index in [0.717, 1.165) is 36.1 Å². The molecule has 1 aromatic carbocycles. The van der Waals surface area contributed by atoms with Crippen molar-refractivity contribution >= 4 is 29.0 Å². The molecule has 0 unspecified atom stereocenters. The van der Waals surface area contributed by atoms with Crippen LogP contribution in [-0.4, -0.2) is 48.3 Å². The van der Waals surface area contributed by atoms with Crippen molar-refractivity contribution in [1.82, 2.24) is 9.80 Å². The van der Waals surface area contributed by atoms with Crippen LogP contribution in [-0.2, 0) is 4.79 Å². The number of imide groups is 1. The van der Waals surface area contributed by atoms with E-state index >= 15 is 0 Å². The van der Waals surface area contributed by atoms with Gasteiger partial charge in [-0.3, -0.25) is 19.4 Å². The van der Waals surface area contributed by atoms with Gasteiger partial charge >= 0.3 is 0 Å². The lowest BCUT2D eigenvalue weighted by Gasteiger charge is -2.17. The molecule has 0 atom stereocenters. The Balaban J connectivity index is 1.93. The maximum absolute atomic E-state index is 12.3. The first kappa shape index (κ1) is 19.5. The summed E-state index contributed by atoms with van der Waals surface area (Å²) in [6.45, 7) is 3.21. The predicted molar refractivity (Wildman–Crippen MR) is 102 cm³/mol. The van der Waals surface area contributed by atoms with Crippen LogP contribution in [0.3, 0.4) is 0 Å². The fourth-order valence-electron chi connectivity index (χ4n) is 2.44. The van der Waals surface area contributed by atoms with Crippen LogP contribution < -0.4 is 4.74 Å². The number of ether oxygens (including phenoxy) is 1. The summed E-state index contributed by atoms with van der Waals surface area (Å²) >= 11 is 0.985. The number of amides is 2. The van der Waals surface area contributed by atoms with Crippen LogP contribution in [0.25, 0.3) is 6.08 Å². The van der Waals surface area contributed by atoms with Gasteiger partial charge in [-0.2, -0.15) is 0 Å². The Hall–Kier alpha value is -1.79. The third kappa shape index (κ3) is 5.90. The van der Waals surface area contributed by atoms with Gasteiger partial charge in [-0.05, 0) is 56.1 Å². The molecular weight excluding hydrogens is 336 g/mol. The van der Waals surface area contributed by atoms with Gasteiger partial charge in [0.2, 0.25) is 0 Å². The maximum Gasteiger partial charge on any atom is 0.294 e. The minimum absolute atomic E-state index is 0.225. The summed E-state index contributed by atoms with van der Waals surface area (Å²) in [7, 11) is 3.65. The minimum Gasteiger partial charge on any atom is -0.494 e. The van der Waals surface area contributed by atoms with Gasteiger partial charge in [-0.25, -0.2) is 0 Å². The van der Waals surface area contributed by atoms with Crippen molar-refractivity contribution in [2.75, 3.05) is 27.4 Å². The van der Waals surface area contributed by atoms with Crippen molar-refractivity contribution in [3.63, 3.8) is 0 Å². The fourth-order valence-corrected chi connectivity index (χ4v) is 3.27. The summed E-state index contributed by atoms with van der Waals surface area (Å²) in [5, 5.41) is -0.225. The van der Waals surface area contributed by atoms with E-state index < -0.39 is 0 Å². The van der Waals surface area contributed by atoms with E-state index in [2.05, 4.69) is 6.92 Å². The molecule has 1 aliphatic heterocycles. The summed E-state index contributed by atoms with van der Waals surface area (Å²) < 4.78 is 5.72. The normalized spacial score (nSPS) is 16.3. The van der Waals surface area contributed by atoms with Crippen LogP contribution in [0, 0.1) is 0 Å². The van der Waals surface area contributed by atoms with Crippen molar-refractivity contribution in [1.29, 1.82) is 0 Å². The number of thioether (sulfide) groups is 1. The van der Waals surface area contributed by atoms with Crippen molar-refractivity contribution in [2.24, 2.45) is 0 Å². The van der Waals surface area contributed by atoms with Gasteiger partial charge < -0.3 is 4.74 Å². The van der Waals surface area contributed by atoms with Crippen LogP contribution in [0.5, 0.6) is 5.75 Å². The highest BCUT2D eigenvalue weighted by molar-refractivity contribution is 8.18. The third-order valence-electron chi connectivity index (χ3n) is 3.74. The second kappa shape index (κ2) is 9.63. The van der Waals surface area contributed by atoms with Gasteiger partial charge in [0.25, 0.3) is 11.1 Å². The summed E-state index contributed by atoms with van der Waals surface area (Å²) in [4.78, 5) is 27.8. The topological polar surface area (TPSA) is 49.9 Å². The molecule has 0 aromatic heterocycles. The number of carbonyl (C=O) groups is 2. The summed E-state index contributed by atoms with van der Waals surface area (Å²) in [6.07, 6.45) is 6.47. The number of nitrogens with zero attached hydrogens (tertiary/aromatic N) is 2. The molecule has 0 aliphatic carbocycles. The zero-order valence-corrected chi connectivity index (χ0v) is 16.0. The van der Waals surface area contributed by atoms with Crippen molar-refractivity contribution < 1.29 is 14.3 Å². The van der Waals surface area contributed by atoms with E-state index in [9.17, 15) is 9.59 Å². The van der Waals surface area contributed by atoms with Crippen molar-refractivity contribution in [3.8, 4) is 5.75 Å². The van der Waals surface area contributed by atoms with Crippen LogP contribution in [0.2, 0.25) is 0 Å². The van der Waals surface area contributed by atoms with Gasteiger partial charge in [0.05, 0.1) is 18.2 Å². The molecule has 5 nitrogen and oxygen atoms in total. The van der Waals surface area contributed by atoms with Gasteiger partial charge in [-0.15, -0.1) is 0 Å². The zero-order chi connectivity index (χ0) is 18.2. The molecule has 1 aromatic rings. The number of carbonyl (C=O) groups excluding carboxylic acids is 2. The van der Waals surface area contributed by atoms with E-state index in [4.69, 9.17) is 4.74 Å². The first-order valence-corrected chi connectivity index (χ1v) is 9.46. The average Bonchev–Trinajstić information content (AvgIpc) is 2.83. The second-order valence-electron chi connectivity index (χ2n) is 6.31. The smallest absolute Gasteiger partial charge is 0.294 e. The van der Waals surface area contributed by atoms with Gasteiger partial charge in [0, 0.05) is 0 Å². The Kier molecular flexibility index (Phi) is 7.52. The van der Waals surface area contributed by atoms with Gasteiger partial charge in [0.1, 0.15) is 5.75 Å². The molecule has 6 heteroatoms.